The fourth-order valence-corrected chi connectivity index (χ4v) is 14.1. The van der Waals surface area contributed by atoms with Gasteiger partial charge in [0.1, 0.15) is 73.2 Å². The molecule has 26 atom stereocenters. The van der Waals surface area contributed by atoms with Crippen molar-refractivity contribution in [3.05, 3.63) is 11.6 Å². The second kappa shape index (κ2) is 17.8. The number of hydrogen-bond acceptors (Lipinski definition) is 18. The van der Waals surface area contributed by atoms with Crippen molar-refractivity contribution in [2.45, 2.75) is 196 Å². The zero-order chi connectivity index (χ0) is 44.9. The molecule has 8 unspecified atom stereocenters. The van der Waals surface area contributed by atoms with Crippen LogP contribution in [0.1, 0.15) is 85.5 Å². The van der Waals surface area contributed by atoms with Gasteiger partial charge in [0, 0.05) is 12.3 Å². The first kappa shape index (κ1) is 47.1. The molecule has 9 rings (SSSR count). The first-order valence-corrected chi connectivity index (χ1v) is 23.5. The van der Waals surface area contributed by atoms with Crippen LogP contribution < -0.4 is 0 Å². The highest BCUT2D eigenvalue weighted by atomic mass is 16.8. The van der Waals surface area contributed by atoms with Crippen molar-refractivity contribution in [2.24, 2.45) is 46.3 Å². The Labute approximate surface area is 368 Å². The number of ether oxygens (including phenoxy) is 8. The molecule has 0 aromatic heterocycles. The number of allylic oxidation sites excluding steroid dienone is 1. The van der Waals surface area contributed by atoms with Crippen LogP contribution in [0.25, 0.3) is 0 Å². The van der Waals surface area contributed by atoms with E-state index in [9.17, 15) is 51.1 Å². The number of rotatable bonds is 9. The predicted molar refractivity (Wildman–Crippen MR) is 216 cm³/mol. The Morgan fingerprint density at radius 1 is 0.651 bits per heavy atom. The van der Waals surface area contributed by atoms with E-state index in [1.54, 1.807) is 0 Å². The summed E-state index contributed by atoms with van der Waals surface area (Å²) in [5.74, 6) is 2.47. The van der Waals surface area contributed by atoms with E-state index in [2.05, 4.69) is 33.8 Å². The number of aliphatic hydroxyl groups excluding tert-OH is 10. The van der Waals surface area contributed by atoms with E-state index in [0.29, 0.717) is 48.3 Å². The molecule has 1 spiro atoms. The van der Waals surface area contributed by atoms with Gasteiger partial charge in [-0.3, -0.25) is 0 Å². The lowest BCUT2D eigenvalue weighted by atomic mass is 9.47. The largest absolute Gasteiger partial charge is 0.394 e. The normalized spacial score (nSPS) is 56.9. The van der Waals surface area contributed by atoms with Crippen LogP contribution in [0.15, 0.2) is 11.6 Å². The van der Waals surface area contributed by atoms with Crippen LogP contribution in [0.5, 0.6) is 0 Å². The van der Waals surface area contributed by atoms with E-state index in [0.717, 1.165) is 51.6 Å². The fraction of sp³-hybridized carbons (Fsp3) is 0.956. The Morgan fingerprint density at radius 2 is 1.27 bits per heavy atom. The molecule has 5 heterocycles. The second-order valence-electron chi connectivity index (χ2n) is 21.1. The van der Waals surface area contributed by atoms with Gasteiger partial charge >= 0.3 is 0 Å². The Hall–Kier alpha value is -0.980. The molecule has 0 radical (unpaired) electrons. The summed E-state index contributed by atoms with van der Waals surface area (Å²) in [6.07, 6.45) is -13.8. The Morgan fingerprint density at radius 3 is 1.87 bits per heavy atom. The molecular weight excluding hydrogens is 828 g/mol. The zero-order valence-corrected chi connectivity index (χ0v) is 36.8. The average Bonchev–Trinajstić information content (AvgIpc) is 3.72. The summed E-state index contributed by atoms with van der Waals surface area (Å²) in [6.45, 7) is 8.10. The number of aliphatic hydroxyl groups is 10. The van der Waals surface area contributed by atoms with Crippen LogP contribution in [0.3, 0.4) is 0 Å². The van der Waals surface area contributed by atoms with E-state index in [1.165, 1.54) is 5.57 Å². The van der Waals surface area contributed by atoms with Gasteiger partial charge in [-0.2, -0.15) is 0 Å². The third kappa shape index (κ3) is 7.81. The number of hydrogen-bond donors (Lipinski definition) is 10. The first-order chi connectivity index (χ1) is 30.0. The molecule has 0 aromatic carbocycles. The quantitative estimate of drug-likeness (QED) is 0.127. The van der Waals surface area contributed by atoms with Crippen molar-refractivity contribution in [2.75, 3.05) is 26.4 Å². The van der Waals surface area contributed by atoms with Crippen molar-refractivity contribution >= 4 is 0 Å². The Kier molecular flexibility index (Phi) is 13.3. The highest BCUT2D eigenvalue weighted by Gasteiger charge is 2.69. The summed E-state index contributed by atoms with van der Waals surface area (Å²) in [7, 11) is 0. The molecule has 4 aliphatic carbocycles. The molecule has 8 fully saturated rings. The predicted octanol–water partition coefficient (Wildman–Crippen LogP) is -0.813. The van der Waals surface area contributed by atoms with E-state index in [4.69, 9.17) is 37.9 Å². The monoisotopic (exact) mass is 900 g/mol. The molecule has 18 heteroatoms. The van der Waals surface area contributed by atoms with Crippen LogP contribution in [-0.4, -0.2) is 188 Å². The van der Waals surface area contributed by atoms with Gasteiger partial charge in [0.05, 0.1) is 38.6 Å². The maximum atomic E-state index is 12.0. The van der Waals surface area contributed by atoms with Crippen molar-refractivity contribution in [1.82, 2.24) is 0 Å². The fourth-order valence-electron chi connectivity index (χ4n) is 14.1. The lowest BCUT2D eigenvalue weighted by molar-refractivity contribution is -0.391. The lowest BCUT2D eigenvalue weighted by Gasteiger charge is -2.58. The molecule has 10 N–H and O–H groups in total. The van der Waals surface area contributed by atoms with E-state index in [-0.39, 0.29) is 16.9 Å². The van der Waals surface area contributed by atoms with Gasteiger partial charge in [-0.1, -0.05) is 39.3 Å². The lowest BCUT2D eigenvalue weighted by Crippen LogP contribution is -2.67. The Bertz CT molecular complexity index is 1630. The Balaban J connectivity index is 0.922. The molecule has 0 aromatic rings. The molecule has 5 saturated heterocycles. The zero-order valence-electron chi connectivity index (χ0n) is 36.8. The highest BCUT2D eigenvalue weighted by molar-refractivity contribution is 5.26. The van der Waals surface area contributed by atoms with Gasteiger partial charge in [-0.25, -0.2) is 0 Å². The van der Waals surface area contributed by atoms with Gasteiger partial charge < -0.3 is 89.0 Å². The summed E-state index contributed by atoms with van der Waals surface area (Å²) in [5, 5.41) is 106. The van der Waals surface area contributed by atoms with Gasteiger partial charge in [-0.15, -0.1) is 0 Å². The van der Waals surface area contributed by atoms with Crippen molar-refractivity contribution < 1.29 is 89.0 Å². The van der Waals surface area contributed by atoms with Crippen molar-refractivity contribution in [1.29, 1.82) is 0 Å². The van der Waals surface area contributed by atoms with Crippen LogP contribution in [0, 0.1) is 46.3 Å². The first-order valence-electron chi connectivity index (χ1n) is 23.5. The molecule has 9 aliphatic rings. The average molecular weight is 901 g/mol. The molecule has 18 nitrogen and oxygen atoms in total. The number of fused-ring (bicyclic) bond motifs is 7. The summed E-state index contributed by atoms with van der Waals surface area (Å²) < 4.78 is 49.7. The van der Waals surface area contributed by atoms with Crippen LogP contribution >= 0.6 is 0 Å². The van der Waals surface area contributed by atoms with Gasteiger partial charge in [-0.05, 0) is 91.8 Å². The van der Waals surface area contributed by atoms with Gasteiger partial charge in [0.2, 0.25) is 0 Å². The third-order valence-electron chi connectivity index (χ3n) is 17.7. The maximum Gasteiger partial charge on any atom is 0.187 e. The molecule has 0 bridgehead atoms. The molecule has 3 saturated carbocycles. The molecular formula is C45H72O18. The minimum atomic E-state index is -1.84. The SMILES string of the molecule is CC1CCC2(OC1)OC1CC3C4CC=C5C[C@@H](O[C@@H]6O[C@H](CO)[C@@H](O[C@@H]7O[C@H](CO)[C@@H](O)[C@H](O)[C@H]7O)[C@H](O)[C@H]6O[C@@H]6O[C@H](CO)[C@@H](O)[C@H](O)[C@H]6O)CC[C@]5(C)C4CC[C@]3(C)C1C2C. The van der Waals surface area contributed by atoms with Crippen molar-refractivity contribution in [3.63, 3.8) is 0 Å². The standard InChI is InChI=1S/C45H72O18/c1-19-7-12-45(56-18-19)20(2)30-26(63-45)14-25-23-6-5-21-13-22(8-10-43(21,3)24(23)9-11-44(25,30)4)57-42-39(62-41-36(54)34(52)32(50)28(16-47)59-41)37(55)38(29(17-48)60-42)61-40-35(53)33(51)31(49)27(15-46)58-40/h5,19-20,22-42,46-55H,6-18H2,1-4H3/t19?,20?,22-,23?,24?,25?,26?,27+,28+,29+,30?,31+,32+,33-,34-,35+,36+,37-,38+,39+,40-,41-,42+,43-,44-,45?/m0/s1. The smallest absolute Gasteiger partial charge is 0.187 e. The summed E-state index contributed by atoms with van der Waals surface area (Å²) in [5.41, 5.74) is 1.42. The minimum Gasteiger partial charge on any atom is -0.394 e. The van der Waals surface area contributed by atoms with E-state index >= 15 is 0 Å². The summed E-state index contributed by atoms with van der Waals surface area (Å²) in [6, 6.07) is 0. The highest BCUT2D eigenvalue weighted by Crippen LogP contribution is 2.70. The molecule has 63 heavy (non-hydrogen) atoms. The van der Waals surface area contributed by atoms with E-state index in [1.807, 2.05) is 0 Å². The second-order valence-corrected chi connectivity index (χ2v) is 21.1. The topological polar surface area (TPSA) is 276 Å². The van der Waals surface area contributed by atoms with E-state index < -0.39 is 124 Å². The molecule has 360 valence electrons. The van der Waals surface area contributed by atoms with Gasteiger partial charge in [0.25, 0.3) is 0 Å². The van der Waals surface area contributed by atoms with Gasteiger partial charge in [0.15, 0.2) is 24.7 Å². The third-order valence-corrected chi connectivity index (χ3v) is 17.7. The minimum absolute atomic E-state index is 0.0603. The summed E-state index contributed by atoms with van der Waals surface area (Å²) >= 11 is 0. The van der Waals surface area contributed by atoms with Crippen LogP contribution in [0.2, 0.25) is 0 Å². The summed E-state index contributed by atoms with van der Waals surface area (Å²) in [4.78, 5) is 0. The van der Waals surface area contributed by atoms with Crippen molar-refractivity contribution in [3.8, 4) is 0 Å². The van der Waals surface area contributed by atoms with Crippen LogP contribution in [0.4, 0.5) is 0 Å². The maximum absolute atomic E-state index is 12.0. The molecule has 0 amide bonds. The molecule has 5 aliphatic heterocycles. The van der Waals surface area contributed by atoms with Crippen LogP contribution in [-0.2, 0) is 37.9 Å².